The highest BCUT2D eigenvalue weighted by atomic mass is 16.1. The second kappa shape index (κ2) is 2.06. The van der Waals surface area contributed by atoms with Crippen LogP contribution in [-0.2, 0) is 4.79 Å². The Labute approximate surface area is 59.6 Å². The van der Waals surface area contributed by atoms with Gasteiger partial charge in [0.15, 0.2) is 0 Å². The lowest BCUT2D eigenvalue weighted by Gasteiger charge is -2.09. The van der Waals surface area contributed by atoms with E-state index in [4.69, 9.17) is 0 Å². The van der Waals surface area contributed by atoms with Crippen molar-refractivity contribution in [2.75, 3.05) is 0 Å². The highest BCUT2D eigenvalue weighted by molar-refractivity contribution is 5.34. The van der Waals surface area contributed by atoms with Gasteiger partial charge in [-0.25, -0.2) is 9.79 Å². The molecule has 2 aliphatic carbocycles. The summed E-state index contributed by atoms with van der Waals surface area (Å²) < 4.78 is 0. The van der Waals surface area contributed by atoms with Crippen molar-refractivity contribution >= 4 is 6.08 Å². The third kappa shape index (κ3) is 0.729. The average Bonchev–Trinajstić information content (AvgIpc) is 2.48. The number of nitrogens with zero attached hydrogens (tertiary/aromatic N) is 1. The lowest BCUT2D eigenvalue weighted by molar-refractivity contribution is 0.537. The SMILES string of the molecule is O=C=NC1CC2C=CC1C2. The fourth-order valence-electron chi connectivity index (χ4n) is 1.97. The van der Waals surface area contributed by atoms with E-state index in [0.717, 1.165) is 6.42 Å². The zero-order chi connectivity index (χ0) is 6.97. The Balaban J connectivity index is 2.16. The number of allylic oxidation sites excluding steroid dienone is 1. The Hall–Kier alpha value is -0.880. The number of aliphatic imine (C=N–C) groups is 1. The molecule has 0 amide bonds. The number of rotatable bonds is 1. The van der Waals surface area contributed by atoms with Crippen LogP contribution in [0.25, 0.3) is 0 Å². The maximum Gasteiger partial charge on any atom is 0.235 e. The zero-order valence-corrected chi connectivity index (χ0v) is 5.66. The second-order valence-corrected chi connectivity index (χ2v) is 3.07. The van der Waals surface area contributed by atoms with Crippen molar-refractivity contribution in [1.82, 2.24) is 0 Å². The molecule has 0 saturated heterocycles. The summed E-state index contributed by atoms with van der Waals surface area (Å²) in [5, 5.41) is 0. The van der Waals surface area contributed by atoms with E-state index in [1.807, 2.05) is 0 Å². The Morgan fingerprint density at radius 1 is 1.40 bits per heavy atom. The summed E-state index contributed by atoms with van der Waals surface area (Å²) in [6.45, 7) is 0. The maximum absolute atomic E-state index is 9.92. The van der Waals surface area contributed by atoms with Gasteiger partial charge in [-0.1, -0.05) is 12.2 Å². The molecule has 2 nitrogen and oxygen atoms in total. The van der Waals surface area contributed by atoms with Gasteiger partial charge in [-0.05, 0) is 18.8 Å². The topological polar surface area (TPSA) is 29.4 Å². The summed E-state index contributed by atoms with van der Waals surface area (Å²) in [5.41, 5.74) is 0. The summed E-state index contributed by atoms with van der Waals surface area (Å²) in [6.07, 6.45) is 8.32. The molecular formula is C8H9NO. The monoisotopic (exact) mass is 135 g/mol. The van der Waals surface area contributed by atoms with E-state index in [-0.39, 0.29) is 6.04 Å². The molecule has 2 aliphatic rings. The van der Waals surface area contributed by atoms with Gasteiger partial charge in [0.2, 0.25) is 6.08 Å². The number of hydrogen-bond acceptors (Lipinski definition) is 2. The van der Waals surface area contributed by atoms with Crippen LogP contribution >= 0.6 is 0 Å². The molecule has 0 aromatic carbocycles. The summed E-state index contributed by atoms with van der Waals surface area (Å²) >= 11 is 0. The highest BCUT2D eigenvalue weighted by Gasteiger charge is 2.35. The lowest BCUT2D eigenvalue weighted by atomic mass is 10.0. The van der Waals surface area contributed by atoms with E-state index in [9.17, 15) is 4.79 Å². The predicted molar refractivity (Wildman–Crippen MR) is 37.3 cm³/mol. The molecule has 10 heavy (non-hydrogen) atoms. The van der Waals surface area contributed by atoms with Gasteiger partial charge < -0.3 is 0 Å². The molecular weight excluding hydrogens is 126 g/mol. The Morgan fingerprint density at radius 2 is 2.30 bits per heavy atom. The van der Waals surface area contributed by atoms with E-state index in [0.29, 0.717) is 11.8 Å². The smallest absolute Gasteiger partial charge is 0.211 e. The molecule has 52 valence electrons. The minimum atomic E-state index is 0.257. The fraction of sp³-hybridized carbons (Fsp3) is 0.625. The summed E-state index contributed by atoms with van der Waals surface area (Å²) in [4.78, 5) is 13.7. The summed E-state index contributed by atoms with van der Waals surface area (Å²) in [5.74, 6) is 1.25. The van der Waals surface area contributed by atoms with E-state index < -0.39 is 0 Å². The summed E-state index contributed by atoms with van der Waals surface area (Å²) in [7, 11) is 0. The average molecular weight is 135 g/mol. The maximum atomic E-state index is 9.92. The van der Waals surface area contributed by atoms with Crippen molar-refractivity contribution in [3.8, 4) is 0 Å². The van der Waals surface area contributed by atoms with Crippen LogP contribution < -0.4 is 0 Å². The third-order valence-electron chi connectivity index (χ3n) is 2.46. The molecule has 3 atom stereocenters. The van der Waals surface area contributed by atoms with E-state index >= 15 is 0 Å². The highest BCUT2D eigenvalue weighted by Crippen LogP contribution is 2.40. The fourth-order valence-corrected chi connectivity index (χ4v) is 1.97. The number of isocyanates is 1. The van der Waals surface area contributed by atoms with Crippen LogP contribution in [0.4, 0.5) is 0 Å². The second-order valence-electron chi connectivity index (χ2n) is 3.07. The number of fused-ring (bicyclic) bond motifs is 2. The first kappa shape index (κ1) is 5.87. The zero-order valence-electron chi connectivity index (χ0n) is 5.66. The molecule has 0 aliphatic heterocycles. The van der Waals surface area contributed by atoms with Crippen molar-refractivity contribution < 1.29 is 4.79 Å². The van der Waals surface area contributed by atoms with Crippen LogP contribution in [-0.4, -0.2) is 12.1 Å². The quantitative estimate of drug-likeness (QED) is 0.302. The van der Waals surface area contributed by atoms with E-state index in [1.165, 1.54) is 6.42 Å². The number of carbonyl (C=O) groups excluding carboxylic acids is 1. The predicted octanol–water partition coefficient (Wildman–Crippen LogP) is 1.29. The van der Waals surface area contributed by atoms with Crippen molar-refractivity contribution in [3.05, 3.63) is 12.2 Å². The van der Waals surface area contributed by atoms with Gasteiger partial charge in [-0.2, -0.15) is 0 Å². The lowest BCUT2D eigenvalue weighted by Crippen LogP contribution is -2.09. The van der Waals surface area contributed by atoms with Crippen LogP contribution in [0.2, 0.25) is 0 Å². The van der Waals surface area contributed by atoms with Gasteiger partial charge in [-0.15, -0.1) is 0 Å². The van der Waals surface area contributed by atoms with Gasteiger partial charge in [-0.3, -0.25) is 0 Å². The van der Waals surface area contributed by atoms with Crippen LogP contribution in [0.5, 0.6) is 0 Å². The van der Waals surface area contributed by atoms with Gasteiger partial charge in [0.05, 0.1) is 6.04 Å². The van der Waals surface area contributed by atoms with Gasteiger partial charge >= 0.3 is 0 Å². The first-order valence-corrected chi connectivity index (χ1v) is 3.65. The van der Waals surface area contributed by atoms with Gasteiger partial charge in [0, 0.05) is 5.92 Å². The molecule has 0 aromatic rings. The normalized spacial score (nSPS) is 41.8. The Bertz CT molecular complexity index is 215. The molecule has 2 rings (SSSR count). The molecule has 2 heteroatoms. The molecule has 0 radical (unpaired) electrons. The van der Waals surface area contributed by atoms with E-state index in [2.05, 4.69) is 17.1 Å². The molecule has 0 aromatic heterocycles. The van der Waals surface area contributed by atoms with Crippen LogP contribution in [0.3, 0.4) is 0 Å². The molecule has 0 heterocycles. The number of hydrogen-bond donors (Lipinski definition) is 0. The minimum Gasteiger partial charge on any atom is -0.211 e. The van der Waals surface area contributed by atoms with Crippen molar-refractivity contribution in [1.29, 1.82) is 0 Å². The molecule has 2 bridgehead atoms. The van der Waals surface area contributed by atoms with Gasteiger partial charge in [0.1, 0.15) is 0 Å². The van der Waals surface area contributed by atoms with Crippen LogP contribution in [0, 0.1) is 11.8 Å². The molecule has 1 fully saturated rings. The minimum absolute atomic E-state index is 0.257. The van der Waals surface area contributed by atoms with Crippen molar-refractivity contribution in [2.24, 2.45) is 16.8 Å². The van der Waals surface area contributed by atoms with Crippen molar-refractivity contribution in [2.45, 2.75) is 18.9 Å². The Morgan fingerprint density at radius 3 is 2.80 bits per heavy atom. The van der Waals surface area contributed by atoms with E-state index in [1.54, 1.807) is 6.08 Å². The molecule has 0 spiro atoms. The van der Waals surface area contributed by atoms with Crippen molar-refractivity contribution in [3.63, 3.8) is 0 Å². The molecule has 3 unspecified atom stereocenters. The largest absolute Gasteiger partial charge is 0.235 e. The molecule has 1 saturated carbocycles. The third-order valence-corrected chi connectivity index (χ3v) is 2.46. The van der Waals surface area contributed by atoms with Crippen LogP contribution in [0.15, 0.2) is 17.1 Å². The Kier molecular flexibility index (Phi) is 1.21. The van der Waals surface area contributed by atoms with Gasteiger partial charge in [0.25, 0.3) is 0 Å². The first-order chi connectivity index (χ1) is 4.90. The van der Waals surface area contributed by atoms with Crippen LogP contribution in [0.1, 0.15) is 12.8 Å². The standard InChI is InChI=1S/C8H9NO/c10-5-9-8-4-6-1-2-7(8)3-6/h1-2,6-8H,3-4H2. The molecule has 0 N–H and O–H groups in total. The first-order valence-electron chi connectivity index (χ1n) is 3.65. The summed E-state index contributed by atoms with van der Waals surface area (Å²) in [6, 6.07) is 0.257.